The van der Waals surface area contributed by atoms with Crippen LogP contribution in [0.15, 0.2) is 41.0 Å². The van der Waals surface area contributed by atoms with Gasteiger partial charge in [-0.15, -0.1) is 0 Å². The molecule has 0 N–H and O–H groups in total. The summed E-state index contributed by atoms with van der Waals surface area (Å²) in [6.45, 7) is 1.88. The van der Waals surface area contributed by atoms with E-state index in [1.807, 2.05) is 6.92 Å². The number of aryl methyl sites for hydroxylation is 1. The number of halogens is 1. The molecule has 1 atom stereocenters. The first-order valence-corrected chi connectivity index (χ1v) is 10.5. The number of sulfone groups is 1. The van der Waals surface area contributed by atoms with Crippen LogP contribution in [0.5, 0.6) is 5.75 Å². The molecule has 6 nitrogen and oxygen atoms in total. The van der Waals surface area contributed by atoms with Crippen molar-refractivity contribution in [2.24, 2.45) is 0 Å². The molecule has 0 saturated carbocycles. The Balaban J connectivity index is 1.71. The molecule has 26 heavy (non-hydrogen) atoms. The molecule has 1 fully saturated rings. The topological polar surface area (TPSA) is 76.8 Å². The fraction of sp³-hybridized carbons (Fsp3) is 0.389. The second-order valence-electron chi connectivity index (χ2n) is 6.36. The van der Waals surface area contributed by atoms with Gasteiger partial charge in [0.25, 0.3) is 5.91 Å². The second-order valence-corrected chi connectivity index (χ2v) is 9.02. The molecule has 2 heterocycles. The molecular weight excluding hydrogens is 378 g/mol. The number of hydrogen-bond donors (Lipinski definition) is 0. The third-order valence-electron chi connectivity index (χ3n) is 4.36. The van der Waals surface area contributed by atoms with Gasteiger partial charge < -0.3 is 14.1 Å². The molecule has 1 aliphatic rings. The number of carbonyl (C=O) groups excluding carboxylic acids is 1. The first kappa shape index (κ1) is 18.8. The number of rotatable bonds is 6. The standard InChI is InChI=1S/C18H20ClNO5S/c1-13-9-14(19)4-5-17(13)25-11-18(21)20(10-16-3-2-7-24-16)15-6-8-26(22,23)12-15/h2-5,7,9,15H,6,8,10-12H2,1H3/t15-/m1/s1. The lowest BCUT2D eigenvalue weighted by Crippen LogP contribution is -2.43. The van der Waals surface area contributed by atoms with E-state index >= 15 is 0 Å². The zero-order chi connectivity index (χ0) is 18.7. The number of benzene rings is 1. The van der Waals surface area contributed by atoms with E-state index in [0.29, 0.717) is 23.0 Å². The third kappa shape index (κ3) is 4.59. The monoisotopic (exact) mass is 397 g/mol. The second kappa shape index (κ2) is 7.72. The van der Waals surface area contributed by atoms with Crippen molar-refractivity contribution in [3.63, 3.8) is 0 Å². The van der Waals surface area contributed by atoms with E-state index in [1.54, 1.807) is 30.3 Å². The van der Waals surface area contributed by atoms with Crippen LogP contribution in [0.1, 0.15) is 17.7 Å². The van der Waals surface area contributed by atoms with Crippen molar-refractivity contribution in [1.82, 2.24) is 4.90 Å². The smallest absolute Gasteiger partial charge is 0.261 e. The van der Waals surface area contributed by atoms with Crippen LogP contribution in [0.3, 0.4) is 0 Å². The van der Waals surface area contributed by atoms with Crippen molar-refractivity contribution < 1.29 is 22.4 Å². The molecule has 140 valence electrons. The maximum absolute atomic E-state index is 12.8. The van der Waals surface area contributed by atoms with Gasteiger partial charge in [-0.2, -0.15) is 0 Å². The minimum Gasteiger partial charge on any atom is -0.483 e. The summed E-state index contributed by atoms with van der Waals surface area (Å²) in [7, 11) is -3.11. The summed E-state index contributed by atoms with van der Waals surface area (Å²) in [5.41, 5.74) is 0.825. The van der Waals surface area contributed by atoms with E-state index in [-0.39, 0.29) is 36.6 Å². The van der Waals surface area contributed by atoms with Crippen molar-refractivity contribution in [3.05, 3.63) is 52.9 Å². The van der Waals surface area contributed by atoms with Gasteiger partial charge in [0.1, 0.15) is 11.5 Å². The predicted molar refractivity (Wildman–Crippen MR) is 98.0 cm³/mol. The van der Waals surface area contributed by atoms with Gasteiger partial charge in [-0.05, 0) is 49.2 Å². The van der Waals surface area contributed by atoms with Gasteiger partial charge in [0.15, 0.2) is 16.4 Å². The minimum absolute atomic E-state index is 0.0284. The van der Waals surface area contributed by atoms with E-state index in [1.165, 1.54) is 11.2 Å². The lowest BCUT2D eigenvalue weighted by molar-refractivity contribution is -0.136. The number of carbonyl (C=O) groups is 1. The van der Waals surface area contributed by atoms with Crippen LogP contribution in [0.4, 0.5) is 0 Å². The van der Waals surface area contributed by atoms with Crippen LogP contribution in [0.2, 0.25) is 5.02 Å². The van der Waals surface area contributed by atoms with Gasteiger partial charge in [-0.3, -0.25) is 4.79 Å². The Morgan fingerprint density at radius 2 is 2.19 bits per heavy atom. The lowest BCUT2D eigenvalue weighted by Gasteiger charge is -2.27. The van der Waals surface area contributed by atoms with Gasteiger partial charge in [0.05, 0.1) is 24.3 Å². The van der Waals surface area contributed by atoms with E-state index in [4.69, 9.17) is 20.8 Å². The van der Waals surface area contributed by atoms with Gasteiger partial charge in [0.2, 0.25) is 0 Å². The Hall–Kier alpha value is -1.99. The van der Waals surface area contributed by atoms with E-state index < -0.39 is 9.84 Å². The highest BCUT2D eigenvalue weighted by Gasteiger charge is 2.35. The van der Waals surface area contributed by atoms with Crippen molar-refractivity contribution in [1.29, 1.82) is 0 Å². The van der Waals surface area contributed by atoms with E-state index in [9.17, 15) is 13.2 Å². The van der Waals surface area contributed by atoms with Crippen LogP contribution >= 0.6 is 11.6 Å². The van der Waals surface area contributed by atoms with Crippen LogP contribution in [0.25, 0.3) is 0 Å². The van der Waals surface area contributed by atoms with Gasteiger partial charge >= 0.3 is 0 Å². The normalized spacial score (nSPS) is 18.6. The van der Waals surface area contributed by atoms with Crippen molar-refractivity contribution >= 4 is 27.3 Å². The van der Waals surface area contributed by atoms with Crippen LogP contribution in [0, 0.1) is 6.92 Å². The molecule has 0 spiro atoms. The molecule has 1 aliphatic heterocycles. The molecule has 0 bridgehead atoms. The van der Waals surface area contributed by atoms with Crippen molar-refractivity contribution in [3.8, 4) is 5.75 Å². The summed E-state index contributed by atoms with van der Waals surface area (Å²) in [5.74, 6) is 0.957. The summed E-state index contributed by atoms with van der Waals surface area (Å²) < 4.78 is 34.6. The molecule has 3 rings (SSSR count). The molecule has 0 radical (unpaired) electrons. The molecule has 0 unspecified atom stereocenters. The Morgan fingerprint density at radius 1 is 1.38 bits per heavy atom. The summed E-state index contributed by atoms with van der Waals surface area (Å²) >= 11 is 5.92. The molecular formula is C18H20ClNO5S. The SMILES string of the molecule is Cc1cc(Cl)ccc1OCC(=O)N(Cc1ccco1)[C@@H]1CCS(=O)(=O)C1. The molecule has 8 heteroatoms. The first-order valence-electron chi connectivity index (χ1n) is 8.25. The minimum atomic E-state index is -3.11. The zero-order valence-corrected chi connectivity index (χ0v) is 15.9. The molecule has 2 aromatic rings. The average molecular weight is 398 g/mol. The number of ether oxygens (including phenoxy) is 1. The fourth-order valence-corrected chi connectivity index (χ4v) is 4.97. The van der Waals surface area contributed by atoms with Gasteiger partial charge in [0, 0.05) is 11.1 Å². The fourth-order valence-electron chi connectivity index (χ4n) is 3.01. The highest BCUT2D eigenvalue weighted by atomic mass is 35.5. The Kier molecular flexibility index (Phi) is 5.58. The zero-order valence-electron chi connectivity index (χ0n) is 14.4. The number of hydrogen-bond acceptors (Lipinski definition) is 5. The van der Waals surface area contributed by atoms with Gasteiger partial charge in [-0.1, -0.05) is 11.6 Å². The predicted octanol–water partition coefficient (Wildman–Crippen LogP) is 2.84. The average Bonchev–Trinajstić information content (AvgIpc) is 3.20. The number of furan rings is 1. The quantitative estimate of drug-likeness (QED) is 0.749. The van der Waals surface area contributed by atoms with Crippen LogP contribution < -0.4 is 4.74 Å². The summed E-state index contributed by atoms with van der Waals surface area (Å²) in [6, 6.07) is 8.28. The highest BCUT2D eigenvalue weighted by Crippen LogP contribution is 2.23. The Labute approximate surface area is 157 Å². The maximum atomic E-state index is 12.8. The Bertz CT molecular complexity index is 879. The summed E-state index contributed by atoms with van der Waals surface area (Å²) in [6.07, 6.45) is 1.95. The highest BCUT2D eigenvalue weighted by molar-refractivity contribution is 7.91. The summed E-state index contributed by atoms with van der Waals surface area (Å²) in [5, 5.41) is 0.594. The number of nitrogens with zero attached hydrogens (tertiary/aromatic N) is 1. The largest absolute Gasteiger partial charge is 0.483 e. The van der Waals surface area contributed by atoms with Crippen LogP contribution in [-0.4, -0.2) is 43.4 Å². The number of amides is 1. The molecule has 0 aliphatic carbocycles. The molecule has 1 amide bonds. The lowest BCUT2D eigenvalue weighted by atomic mass is 10.2. The molecule has 1 aromatic heterocycles. The van der Waals surface area contributed by atoms with Gasteiger partial charge in [-0.25, -0.2) is 8.42 Å². The van der Waals surface area contributed by atoms with E-state index in [2.05, 4.69) is 0 Å². The van der Waals surface area contributed by atoms with Crippen molar-refractivity contribution in [2.75, 3.05) is 18.1 Å². The third-order valence-corrected chi connectivity index (χ3v) is 6.35. The van der Waals surface area contributed by atoms with Crippen molar-refractivity contribution in [2.45, 2.75) is 25.9 Å². The Morgan fingerprint density at radius 3 is 2.81 bits per heavy atom. The summed E-state index contributed by atoms with van der Waals surface area (Å²) in [4.78, 5) is 14.3. The first-order chi connectivity index (χ1) is 12.3. The maximum Gasteiger partial charge on any atom is 0.261 e. The molecule has 1 saturated heterocycles. The van der Waals surface area contributed by atoms with Crippen LogP contribution in [-0.2, 0) is 21.2 Å². The van der Waals surface area contributed by atoms with E-state index in [0.717, 1.165) is 5.56 Å². The molecule has 1 aromatic carbocycles.